The molecule has 2 aromatic heterocycles. The number of benzene rings is 1. The third-order valence-corrected chi connectivity index (χ3v) is 8.96. The van der Waals surface area contributed by atoms with Gasteiger partial charge < -0.3 is 41.4 Å². The summed E-state index contributed by atoms with van der Waals surface area (Å²) < 4.78 is 37.3. The molecule has 0 aliphatic rings. The number of ether oxygens (including phenoxy) is 1. The van der Waals surface area contributed by atoms with Gasteiger partial charge in [0.2, 0.25) is 17.7 Å². The maximum absolute atomic E-state index is 16.0. The first-order valence-electron chi connectivity index (χ1n) is 19.0. The van der Waals surface area contributed by atoms with Gasteiger partial charge in [0.1, 0.15) is 29.8 Å². The summed E-state index contributed by atoms with van der Waals surface area (Å²) in [6, 6.07) is 8.14. The lowest BCUT2D eigenvalue weighted by atomic mass is 9.93. The number of aliphatic hydroxyl groups excluding tert-OH is 1. The third-order valence-electron chi connectivity index (χ3n) is 8.96. The lowest BCUT2D eigenvalue weighted by molar-refractivity contribution is -0.170. The smallest absolute Gasteiger partial charge is 0.408 e. The highest BCUT2D eigenvalue weighted by Gasteiger charge is 2.52. The average Bonchev–Trinajstić information content (AvgIpc) is 3.67. The van der Waals surface area contributed by atoms with Crippen LogP contribution in [0.3, 0.4) is 0 Å². The molecular weight excluding hydrogens is 742 g/mol. The number of rotatable bonds is 20. The van der Waals surface area contributed by atoms with E-state index < -0.39 is 77.4 Å². The van der Waals surface area contributed by atoms with Gasteiger partial charge in [0.25, 0.3) is 5.91 Å². The molecule has 17 heteroatoms. The fraction of sp³-hybridized carbons (Fsp3) is 0.525. The Morgan fingerprint density at radius 1 is 0.860 bits per heavy atom. The lowest BCUT2D eigenvalue weighted by Gasteiger charge is -2.33. The molecule has 0 aliphatic heterocycles. The second-order valence-electron chi connectivity index (χ2n) is 15.4. The Labute approximate surface area is 331 Å². The fourth-order valence-corrected chi connectivity index (χ4v) is 5.78. The summed E-state index contributed by atoms with van der Waals surface area (Å²) >= 11 is 0. The SMILES string of the molecule is CC[C@H](C)[C@H](NC(=O)C(F)(F)[C@@H](O)[C@H](CC(C)C)NC(=O)[C@H](Cc1cnc[nH]1)NC(=O)[C@H](Cc1ccccc1)NC(=O)OC(C)(C)C)C(=O)NCc1ccccn1. The average molecular weight is 799 g/mol. The monoisotopic (exact) mass is 798 g/mol. The van der Waals surface area contributed by atoms with E-state index in [1.54, 1.807) is 97.0 Å². The van der Waals surface area contributed by atoms with Gasteiger partial charge in [-0.2, -0.15) is 8.78 Å². The Kier molecular flexibility index (Phi) is 17.1. The largest absolute Gasteiger partial charge is 0.444 e. The van der Waals surface area contributed by atoms with Gasteiger partial charge in [0, 0.05) is 30.9 Å². The minimum Gasteiger partial charge on any atom is -0.444 e. The molecule has 57 heavy (non-hydrogen) atoms. The Morgan fingerprint density at radius 3 is 2.09 bits per heavy atom. The highest BCUT2D eigenvalue weighted by atomic mass is 19.3. The first kappa shape index (κ1) is 45.9. The Bertz CT molecular complexity index is 1740. The van der Waals surface area contributed by atoms with Crippen LogP contribution in [0.15, 0.2) is 67.3 Å². The maximum Gasteiger partial charge on any atom is 0.408 e. The van der Waals surface area contributed by atoms with Crippen molar-refractivity contribution in [2.45, 2.75) is 122 Å². The summed E-state index contributed by atoms with van der Waals surface area (Å²) in [5.74, 6) is -9.78. The maximum atomic E-state index is 16.0. The minimum atomic E-state index is -4.49. The molecule has 0 unspecified atom stereocenters. The number of pyridine rings is 1. The number of imidazole rings is 1. The van der Waals surface area contributed by atoms with Crippen LogP contribution in [0.25, 0.3) is 0 Å². The van der Waals surface area contributed by atoms with Crippen LogP contribution >= 0.6 is 0 Å². The number of aromatic amines is 1. The van der Waals surface area contributed by atoms with E-state index in [0.29, 0.717) is 23.4 Å². The van der Waals surface area contributed by atoms with Crippen LogP contribution in [-0.2, 0) is 43.3 Å². The van der Waals surface area contributed by atoms with E-state index in [9.17, 15) is 29.1 Å². The van der Waals surface area contributed by atoms with Gasteiger partial charge in [-0.05, 0) is 56.7 Å². The summed E-state index contributed by atoms with van der Waals surface area (Å²) in [4.78, 5) is 77.9. The Balaban J connectivity index is 1.85. The predicted molar refractivity (Wildman–Crippen MR) is 207 cm³/mol. The number of halogens is 2. The number of carbonyl (C=O) groups is 5. The molecule has 312 valence electrons. The van der Waals surface area contributed by atoms with Crippen molar-refractivity contribution in [3.63, 3.8) is 0 Å². The van der Waals surface area contributed by atoms with Gasteiger partial charge >= 0.3 is 12.0 Å². The predicted octanol–water partition coefficient (Wildman–Crippen LogP) is 3.34. The van der Waals surface area contributed by atoms with Crippen molar-refractivity contribution >= 4 is 29.7 Å². The quantitative estimate of drug-likeness (QED) is 0.0891. The number of alkyl halides is 2. The molecule has 15 nitrogen and oxygen atoms in total. The molecule has 5 amide bonds. The third kappa shape index (κ3) is 14.9. The molecule has 7 N–H and O–H groups in total. The molecule has 0 saturated carbocycles. The van der Waals surface area contributed by atoms with Crippen molar-refractivity contribution in [2.24, 2.45) is 11.8 Å². The number of carbonyl (C=O) groups excluding carboxylic acids is 5. The summed E-state index contributed by atoms with van der Waals surface area (Å²) in [7, 11) is 0. The van der Waals surface area contributed by atoms with Crippen LogP contribution in [0, 0.1) is 11.8 Å². The molecule has 3 rings (SSSR count). The molecule has 0 spiro atoms. The zero-order valence-electron chi connectivity index (χ0n) is 33.5. The molecule has 3 aromatic rings. The topological polar surface area (TPSA) is 217 Å². The van der Waals surface area contributed by atoms with Crippen molar-refractivity contribution in [1.29, 1.82) is 0 Å². The number of hydrogen-bond donors (Lipinski definition) is 7. The van der Waals surface area contributed by atoms with Crippen LogP contribution in [0.4, 0.5) is 13.6 Å². The first-order chi connectivity index (χ1) is 26.8. The van der Waals surface area contributed by atoms with E-state index in [-0.39, 0.29) is 31.7 Å². The number of nitrogens with zero attached hydrogens (tertiary/aromatic N) is 2. The molecule has 0 bridgehead atoms. The van der Waals surface area contributed by atoms with Crippen LogP contribution in [0.5, 0.6) is 0 Å². The number of alkyl carbamates (subject to hydrolysis) is 1. The van der Waals surface area contributed by atoms with Crippen molar-refractivity contribution < 1.29 is 42.6 Å². The number of H-pyrrole nitrogens is 1. The van der Waals surface area contributed by atoms with Gasteiger partial charge in [-0.15, -0.1) is 0 Å². The van der Waals surface area contributed by atoms with E-state index in [1.807, 2.05) is 0 Å². The minimum absolute atomic E-state index is 0.00961. The van der Waals surface area contributed by atoms with Crippen molar-refractivity contribution in [3.8, 4) is 0 Å². The van der Waals surface area contributed by atoms with Gasteiger partial charge in [-0.1, -0.05) is 70.5 Å². The number of aliphatic hydroxyl groups is 1. The van der Waals surface area contributed by atoms with E-state index in [0.717, 1.165) is 0 Å². The standard InChI is InChI=1S/C40H56F2N8O7/c1-8-25(4)32(36(54)45-22-27-16-12-13-17-44-27)50-37(55)40(41,42)33(51)29(18-24(2)3)47-35(53)31(20-28-21-43-23-46-28)48-34(52)30(19-26-14-10-9-11-15-26)49-38(56)57-39(5,6)7/h9-17,21,23-25,29-33,51H,8,18-20,22H2,1-7H3,(H,43,46)(H,45,54)(H,47,53)(H,48,52)(H,49,56)(H,50,55)/t25-,29-,30-,31-,32-,33-/m0/s1. The highest BCUT2D eigenvalue weighted by molar-refractivity contribution is 5.93. The lowest BCUT2D eigenvalue weighted by Crippen LogP contribution is -2.63. The number of aromatic nitrogens is 3. The zero-order chi connectivity index (χ0) is 42.3. The van der Waals surface area contributed by atoms with Gasteiger partial charge in [0.05, 0.1) is 24.6 Å². The summed E-state index contributed by atoms with van der Waals surface area (Å²) in [6.07, 6.45) is 0.644. The summed E-state index contributed by atoms with van der Waals surface area (Å²) in [6.45, 7) is 11.7. The first-order valence-corrected chi connectivity index (χ1v) is 19.0. The van der Waals surface area contributed by atoms with Gasteiger partial charge in [0.15, 0.2) is 0 Å². The molecular formula is C40H56F2N8O7. The van der Waals surface area contributed by atoms with E-state index in [1.165, 1.54) is 18.7 Å². The second kappa shape index (κ2) is 21.2. The normalized spacial score (nSPS) is 14.9. The van der Waals surface area contributed by atoms with Gasteiger partial charge in [-0.25, -0.2) is 9.78 Å². The highest BCUT2D eigenvalue weighted by Crippen LogP contribution is 2.26. The molecule has 2 heterocycles. The molecule has 1 aromatic carbocycles. The van der Waals surface area contributed by atoms with Crippen LogP contribution in [0.1, 0.15) is 78.3 Å². The van der Waals surface area contributed by atoms with E-state index in [4.69, 9.17) is 4.74 Å². The Hall–Kier alpha value is -5.45. The van der Waals surface area contributed by atoms with E-state index >= 15 is 8.78 Å². The molecule has 0 saturated heterocycles. The number of amides is 5. The summed E-state index contributed by atoms with van der Waals surface area (Å²) in [5, 5.41) is 23.5. The van der Waals surface area contributed by atoms with Crippen molar-refractivity contribution in [2.75, 3.05) is 0 Å². The second-order valence-corrected chi connectivity index (χ2v) is 15.4. The fourth-order valence-electron chi connectivity index (χ4n) is 5.78. The van der Waals surface area contributed by atoms with Crippen molar-refractivity contribution in [3.05, 3.63) is 84.2 Å². The van der Waals surface area contributed by atoms with E-state index in [2.05, 4.69) is 41.5 Å². The summed E-state index contributed by atoms with van der Waals surface area (Å²) in [5.41, 5.74) is 0.720. The van der Waals surface area contributed by atoms with Crippen LogP contribution in [-0.4, -0.2) is 91.6 Å². The molecule has 6 atom stereocenters. The van der Waals surface area contributed by atoms with Gasteiger partial charge in [-0.3, -0.25) is 24.2 Å². The Morgan fingerprint density at radius 2 is 1.51 bits per heavy atom. The van der Waals surface area contributed by atoms with Crippen LogP contribution in [0.2, 0.25) is 0 Å². The molecule has 0 fully saturated rings. The number of hydrogen-bond acceptors (Lipinski definition) is 9. The van der Waals surface area contributed by atoms with Crippen molar-refractivity contribution in [1.82, 2.24) is 41.5 Å². The van der Waals surface area contributed by atoms with Crippen LogP contribution < -0.4 is 26.6 Å². The zero-order valence-corrected chi connectivity index (χ0v) is 33.5. The number of nitrogens with one attached hydrogen (secondary N) is 6. The molecule has 0 aliphatic carbocycles. The molecule has 0 radical (unpaired) electrons.